The van der Waals surface area contributed by atoms with E-state index in [4.69, 9.17) is 10.5 Å². The van der Waals surface area contributed by atoms with Crippen molar-refractivity contribution in [3.05, 3.63) is 70.9 Å². The molecule has 0 fully saturated rings. The Morgan fingerprint density at radius 2 is 1.81 bits per heavy atom. The Bertz CT molecular complexity index is 1010. The van der Waals surface area contributed by atoms with Gasteiger partial charge in [-0.1, -0.05) is 17.7 Å². The molecule has 7 nitrogen and oxygen atoms in total. The second kappa shape index (κ2) is 7.33. The Hall–Kier alpha value is -3.61. The fraction of sp³-hybridized carbons (Fsp3) is 0.150. The Morgan fingerprint density at radius 1 is 1.11 bits per heavy atom. The number of nitrogens with two attached hydrogens (primary N) is 1. The maximum Gasteiger partial charge on any atom is 0.280 e. The number of carbonyl (C=O) groups is 2. The molecule has 3 aromatic rings. The summed E-state index contributed by atoms with van der Waals surface area (Å²) in [5.41, 5.74) is 9.24. The summed E-state index contributed by atoms with van der Waals surface area (Å²) in [4.78, 5) is 25.2. The van der Waals surface area contributed by atoms with E-state index in [0.717, 1.165) is 15.8 Å². The van der Waals surface area contributed by atoms with Crippen LogP contribution < -0.4 is 15.8 Å². The van der Waals surface area contributed by atoms with E-state index in [9.17, 15) is 9.59 Å². The number of nitrogens with zero attached hydrogens (tertiary/aromatic N) is 2. The van der Waals surface area contributed by atoms with Gasteiger partial charge >= 0.3 is 0 Å². The molecule has 0 bridgehead atoms. The second-order valence-corrected chi connectivity index (χ2v) is 6.16. The van der Waals surface area contributed by atoms with E-state index in [0.29, 0.717) is 17.0 Å². The van der Waals surface area contributed by atoms with Gasteiger partial charge in [0.05, 0.1) is 13.3 Å². The van der Waals surface area contributed by atoms with E-state index in [-0.39, 0.29) is 11.4 Å². The van der Waals surface area contributed by atoms with Crippen molar-refractivity contribution >= 4 is 23.3 Å². The van der Waals surface area contributed by atoms with Gasteiger partial charge in [0, 0.05) is 11.3 Å². The number of benzene rings is 2. The molecule has 7 heteroatoms. The third-order valence-electron chi connectivity index (χ3n) is 4.21. The lowest BCUT2D eigenvalue weighted by molar-refractivity contribution is 0.0948. The number of methoxy groups -OCH3 is 1. The van der Waals surface area contributed by atoms with Crippen molar-refractivity contribution in [2.45, 2.75) is 13.8 Å². The van der Waals surface area contributed by atoms with Gasteiger partial charge in [-0.05, 0) is 49.7 Å². The topological polar surface area (TPSA) is 99.2 Å². The molecule has 0 radical (unpaired) electrons. The van der Waals surface area contributed by atoms with E-state index in [1.165, 1.54) is 6.20 Å². The van der Waals surface area contributed by atoms with Crippen LogP contribution in [0.5, 0.6) is 5.75 Å². The summed E-state index contributed by atoms with van der Waals surface area (Å²) in [6.07, 6.45) is 1.29. The van der Waals surface area contributed by atoms with E-state index in [2.05, 4.69) is 10.4 Å². The van der Waals surface area contributed by atoms with Crippen molar-refractivity contribution in [1.82, 2.24) is 9.78 Å². The summed E-state index contributed by atoms with van der Waals surface area (Å²) in [5.74, 6) is -0.236. The first-order valence-corrected chi connectivity index (χ1v) is 8.31. The van der Waals surface area contributed by atoms with Crippen LogP contribution in [0.2, 0.25) is 0 Å². The van der Waals surface area contributed by atoms with Crippen LogP contribution in [-0.2, 0) is 0 Å². The molecule has 0 spiro atoms. The highest BCUT2D eigenvalue weighted by molar-refractivity contribution is 6.09. The van der Waals surface area contributed by atoms with Crippen molar-refractivity contribution < 1.29 is 14.3 Å². The number of aromatic nitrogens is 2. The number of carbonyl (C=O) groups excluding carboxylic acids is 2. The Morgan fingerprint density at radius 3 is 2.44 bits per heavy atom. The number of nitrogens with one attached hydrogen (secondary N) is 1. The van der Waals surface area contributed by atoms with Gasteiger partial charge in [-0.3, -0.25) is 9.59 Å². The number of hydrogen-bond acceptors (Lipinski definition) is 5. The van der Waals surface area contributed by atoms with Crippen LogP contribution in [0.25, 0.3) is 0 Å². The average molecular weight is 364 g/mol. The molecule has 1 aromatic heterocycles. The highest BCUT2D eigenvalue weighted by atomic mass is 16.5. The predicted molar refractivity (Wildman–Crippen MR) is 103 cm³/mol. The van der Waals surface area contributed by atoms with Crippen molar-refractivity contribution in [2.24, 2.45) is 0 Å². The zero-order valence-electron chi connectivity index (χ0n) is 15.3. The maximum absolute atomic E-state index is 12.6. The molecule has 0 saturated heterocycles. The van der Waals surface area contributed by atoms with Crippen LogP contribution in [0.3, 0.4) is 0 Å². The van der Waals surface area contributed by atoms with Crippen LogP contribution in [-0.4, -0.2) is 28.7 Å². The quantitative estimate of drug-likeness (QED) is 0.741. The lowest BCUT2D eigenvalue weighted by Gasteiger charge is -2.09. The summed E-state index contributed by atoms with van der Waals surface area (Å²) in [6.45, 7) is 3.88. The van der Waals surface area contributed by atoms with Crippen LogP contribution >= 0.6 is 0 Å². The first-order chi connectivity index (χ1) is 12.9. The first-order valence-electron chi connectivity index (χ1n) is 8.31. The van der Waals surface area contributed by atoms with E-state index >= 15 is 0 Å². The molecule has 0 unspecified atom stereocenters. The van der Waals surface area contributed by atoms with Gasteiger partial charge in [-0.25, -0.2) is 0 Å². The predicted octanol–water partition coefficient (Wildman–Crippen LogP) is 3.03. The SMILES string of the molecule is COc1ccc(C(=O)n2ncc(C(=O)Nc3ccc(C)cc3C)c2N)cc1. The van der Waals surface area contributed by atoms with E-state index in [1.54, 1.807) is 31.4 Å². The van der Waals surface area contributed by atoms with E-state index < -0.39 is 11.8 Å². The third kappa shape index (κ3) is 3.67. The van der Waals surface area contributed by atoms with Gasteiger partial charge in [0.15, 0.2) is 0 Å². The monoisotopic (exact) mass is 364 g/mol. The Kier molecular flexibility index (Phi) is 4.94. The molecular weight excluding hydrogens is 344 g/mol. The van der Waals surface area contributed by atoms with Gasteiger partial charge in [-0.15, -0.1) is 0 Å². The van der Waals surface area contributed by atoms with Gasteiger partial charge in [0.25, 0.3) is 11.8 Å². The minimum absolute atomic E-state index is 0.0157. The molecular formula is C20H20N4O3. The molecule has 0 saturated carbocycles. The summed E-state index contributed by atoms with van der Waals surface area (Å²) in [6, 6.07) is 12.3. The highest BCUT2D eigenvalue weighted by Gasteiger charge is 2.20. The average Bonchev–Trinajstić information content (AvgIpc) is 3.05. The van der Waals surface area contributed by atoms with Crippen molar-refractivity contribution in [3.8, 4) is 5.75 Å². The summed E-state index contributed by atoms with van der Waals surface area (Å²) in [5, 5.41) is 6.79. The third-order valence-corrected chi connectivity index (χ3v) is 4.21. The zero-order chi connectivity index (χ0) is 19.6. The lowest BCUT2D eigenvalue weighted by atomic mass is 10.1. The minimum Gasteiger partial charge on any atom is -0.497 e. The smallest absolute Gasteiger partial charge is 0.280 e. The number of anilines is 2. The molecule has 3 N–H and O–H groups in total. The normalized spacial score (nSPS) is 10.5. The van der Waals surface area contributed by atoms with Crippen molar-refractivity contribution in [3.63, 3.8) is 0 Å². The van der Waals surface area contributed by atoms with Crippen LogP contribution in [0.15, 0.2) is 48.7 Å². The fourth-order valence-electron chi connectivity index (χ4n) is 2.69. The number of aryl methyl sites for hydroxylation is 2. The summed E-state index contributed by atoms with van der Waals surface area (Å²) < 4.78 is 6.09. The number of ether oxygens (including phenoxy) is 1. The Balaban J connectivity index is 1.83. The lowest BCUT2D eigenvalue weighted by Crippen LogP contribution is -2.18. The van der Waals surface area contributed by atoms with E-state index in [1.807, 2.05) is 32.0 Å². The molecule has 27 heavy (non-hydrogen) atoms. The van der Waals surface area contributed by atoms with Gasteiger partial charge < -0.3 is 15.8 Å². The Labute approximate surface area is 156 Å². The second-order valence-electron chi connectivity index (χ2n) is 6.16. The number of hydrogen-bond donors (Lipinski definition) is 2. The molecule has 138 valence electrons. The van der Waals surface area contributed by atoms with Crippen LogP contribution in [0.1, 0.15) is 31.8 Å². The number of amides is 1. The molecule has 3 rings (SSSR count). The van der Waals surface area contributed by atoms with Gasteiger partial charge in [0.2, 0.25) is 0 Å². The molecule has 0 atom stereocenters. The van der Waals surface area contributed by atoms with Crippen LogP contribution in [0.4, 0.5) is 11.5 Å². The zero-order valence-corrected chi connectivity index (χ0v) is 15.3. The standard InChI is InChI=1S/C20H20N4O3/c1-12-4-9-17(13(2)10-12)23-19(25)16-11-22-24(18(16)21)20(26)14-5-7-15(27-3)8-6-14/h4-11H,21H2,1-3H3,(H,23,25). The largest absolute Gasteiger partial charge is 0.497 e. The molecule has 0 aliphatic rings. The molecule has 0 aliphatic carbocycles. The van der Waals surface area contributed by atoms with Crippen molar-refractivity contribution in [2.75, 3.05) is 18.2 Å². The van der Waals surface area contributed by atoms with Crippen LogP contribution in [0, 0.1) is 13.8 Å². The van der Waals surface area contributed by atoms with Gasteiger partial charge in [0.1, 0.15) is 17.1 Å². The van der Waals surface area contributed by atoms with Crippen molar-refractivity contribution in [1.29, 1.82) is 0 Å². The first kappa shape index (κ1) is 18.2. The number of rotatable bonds is 4. The molecule has 2 aromatic carbocycles. The van der Waals surface area contributed by atoms with Gasteiger partial charge in [-0.2, -0.15) is 9.78 Å². The molecule has 1 heterocycles. The summed E-state index contributed by atoms with van der Waals surface area (Å²) >= 11 is 0. The molecule has 1 amide bonds. The fourth-order valence-corrected chi connectivity index (χ4v) is 2.69. The number of nitrogen functional groups attached to an aromatic ring is 1. The molecule has 0 aliphatic heterocycles. The maximum atomic E-state index is 12.6. The summed E-state index contributed by atoms with van der Waals surface area (Å²) in [7, 11) is 1.54. The highest BCUT2D eigenvalue weighted by Crippen LogP contribution is 2.20. The minimum atomic E-state index is -0.430.